The maximum atomic E-state index is 12.1. The molecule has 1 heterocycles. The van der Waals surface area contributed by atoms with E-state index in [0.717, 1.165) is 17.7 Å². The first-order valence-electron chi connectivity index (χ1n) is 6.62. The molecule has 1 aromatic carbocycles. The highest BCUT2D eigenvalue weighted by Gasteiger charge is 2.37. The maximum absolute atomic E-state index is 12.1. The zero-order valence-corrected chi connectivity index (χ0v) is 12.1. The molecule has 0 bridgehead atoms. The van der Waals surface area contributed by atoms with E-state index in [4.69, 9.17) is 0 Å². The molecule has 0 spiro atoms. The summed E-state index contributed by atoms with van der Waals surface area (Å²) in [5.41, 5.74) is 0.558. The third-order valence-electron chi connectivity index (χ3n) is 3.26. The van der Waals surface area contributed by atoms with Crippen molar-refractivity contribution in [3.63, 3.8) is 0 Å². The third kappa shape index (κ3) is 2.90. The number of hydrogen-bond acceptors (Lipinski definition) is 4. The van der Waals surface area contributed by atoms with Gasteiger partial charge in [0.1, 0.15) is 5.88 Å². The Labute approximate surface area is 118 Å². The van der Waals surface area contributed by atoms with Crippen LogP contribution in [0.1, 0.15) is 46.9 Å². The molecule has 1 aliphatic rings. The van der Waals surface area contributed by atoms with Gasteiger partial charge in [-0.15, -0.1) is 0 Å². The Hall–Kier alpha value is -1.69. The van der Waals surface area contributed by atoms with Crippen molar-refractivity contribution < 1.29 is 18.0 Å². The smallest absolute Gasteiger partial charge is 0.262 e. The molecule has 2 rings (SSSR count). The van der Waals surface area contributed by atoms with Crippen molar-refractivity contribution in [1.29, 1.82) is 0 Å². The fraction of sp³-hybridized carbons (Fsp3) is 0.429. The summed E-state index contributed by atoms with van der Waals surface area (Å²) in [5.74, 6) is -1.56. The van der Waals surface area contributed by atoms with Gasteiger partial charge in [-0.3, -0.25) is 14.5 Å². The highest BCUT2D eigenvalue weighted by molar-refractivity contribution is 7.91. The van der Waals surface area contributed by atoms with Crippen LogP contribution >= 0.6 is 0 Å². The fourth-order valence-corrected chi connectivity index (χ4v) is 3.59. The standard InChI is InChI=1S/C14H17NO4S/c1-2-3-6-9-20(18,19)10-15-13(16)11-7-4-5-8-12(11)14(15)17/h4-5,7-8H,2-3,6,9-10H2,1H3. The number of imide groups is 1. The van der Waals surface area contributed by atoms with Crippen LogP contribution in [-0.4, -0.2) is 36.8 Å². The van der Waals surface area contributed by atoms with Crippen molar-refractivity contribution in [2.75, 3.05) is 11.6 Å². The van der Waals surface area contributed by atoms with Crippen LogP contribution in [0.3, 0.4) is 0 Å². The summed E-state index contributed by atoms with van der Waals surface area (Å²) >= 11 is 0. The first kappa shape index (κ1) is 14.7. The topological polar surface area (TPSA) is 71.5 Å². The number of carbonyl (C=O) groups is 2. The minimum absolute atomic E-state index is 0.00818. The molecule has 20 heavy (non-hydrogen) atoms. The van der Waals surface area contributed by atoms with Gasteiger partial charge in [0.2, 0.25) is 0 Å². The molecular weight excluding hydrogens is 278 g/mol. The average molecular weight is 295 g/mol. The number of carbonyl (C=O) groups excluding carboxylic acids is 2. The number of amides is 2. The van der Waals surface area contributed by atoms with Gasteiger partial charge in [0.25, 0.3) is 11.8 Å². The van der Waals surface area contributed by atoms with Gasteiger partial charge >= 0.3 is 0 Å². The van der Waals surface area contributed by atoms with Gasteiger partial charge in [0, 0.05) is 0 Å². The highest BCUT2D eigenvalue weighted by Crippen LogP contribution is 2.23. The highest BCUT2D eigenvalue weighted by atomic mass is 32.2. The van der Waals surface area contributed by atoms with Gasteiger partial charge in [0.15, 0.2) is 9.84 Å². The zero-order chi connectivity index (χ0) is 14.8. The van der Waals surface area contributed by atoms with E-state index in [0.29, 0.717) is 6.42 Å². The van der Waals surface area contributed by atoms with Crippen molar-refractivity contribution in [1.82, 2.24) is 4.90 Å². The molecule has 2 amide bonds. The fourth-order valence-electron chi connectivity index (χ4n) is 2.19. The summed E-state index contributed by atoms with van der Waals surface area (Å²) in [6, 6.07) is 6.39. The minimum Gasteiger partial charge on any atom is -0.269 e. The molecule has 0 fully saturated rings. The molecule has 0 unspecified atom stereocenters. The van der Waals surface area contributed by atoms with E-state index in [1.165, 1.54) is 0 Å². The molecule has 1 aliphatic heterocycles. The van der Waals surface area contributed by atoms with Crippen LogP contribution in [0.2, 0.25) is 0 Å². The van der Waals surface area contributed by atoms with Crippen molar-refractivity contribution in [2.24, 2.45) is 0 Å². The second-order valence-electron chi connectivity index (χ2n) is 4.87. The lowest BCUT2D eigenvalue weighted by Gasteiger charge is -2.13. The zero-order valence-electron chi connectivity index (χ0n) is 11.3. The van der Waals surface area contributed by atoms with Crippen LogP contribution in [0.4, 0.5) is 0 Å². The van der Waals surface area contributed by atoms with Crippen molar-refractivity contribution in [3.05, 3.63) is 35.4 Å². The molecule has 0 saturated heterocycles. The molecule has 0 atom stereocenters. The Kier molecular flexibility index (Phi) is 4.23. The Morgan fingerprint density at radius 2 is 1.55 bits per heavy atom. The van der Waals surface area contributed by atoms with Gasteiger partial charge in [-0.25, -0.2) is 8.42 Å². The molecule has 0 radical (unpaired) electrons. The van der Waals surface area contributed by atoms with Crippen LogP contribution in [-0.2, 0) is 9.84 Å². The minimum atomic E-state index is -3.44. The third-order valence-corrected chi connectivity index (χ3v) is 4.83. The Morgan fingerprint density at radius 1 is 1.00 bits per heavy atom. The predicted molar refractivity (Wildman–Crippen MR) is 75.1 cm³/mol. The van der Waals surface area contributed by atoms with Gasteiger partial charge < -0.3 is 0 Å². The quantitative estimate of drug-likeness (QED) is 0.593. The Balaban J connectivity index is 2.13. The van der Waals surface area contributed by atoms with E-state index in [1.54, 1.807) is 24.3 Å². The lowest BCUT2D eigenvalue weighted by Crippen LogP contribution is -2.35. The van der Waals surface area contributed by atoms with Crippen LogP contribution < -0.4 is 0 Å². The van der Waals surface area contributed by atoms with E-state index in [-0.39, 0.29) is 16.9 Å². The normalized spacial score (nSPS) is 14.8. The first-order valence-corrected chi connectivity index (χ1v) is 8.44. The molecule has 0 aromatic heterocycles. The van der Waals surface area contributed by atoms with Crippen LogP contribution in [0.25, 0.3) is 0 Å². The van der Waals surface area contributed by atoms with Gasteiger partial charge in [-0.1, -0.05) is 31.9 Å². The monoisotopic (exact) mass is 295 g/mol. The number of unbranched alkanes of at least 4 members (excludes halogenated alkanes) is 2. The van der Waals surface area contributed by atoms with Crippen molar-refractivity contribution in [2.45, 2.75) is 26.2 Å². The molecule has 0 saturated carbocycles. The molecular formula is C14H17NO4S. The maximum Gasteiger partial charge on any atom is 0.262 e. The van der Waals surface area contributed by atoms with E-state index >= 15 is 0 Å². The Bertz CT molecular complexity index is 601. The van der Waals surface area contributed by atoms with Gasteiger partial charge in [-0.2, -0.15) is 0 Å². The van der Waals surface area contributed by atoms with E-state index in [2.05, 4.69) is 0 Å². The second kappa shape index (κ2) is 5.75. The number of rotatable bonds is 6. The van der Waals surface area contributed by atoms with E-state index in [9.17, 15) is 18.0 Å². The molecule has 0 N–H and O–H groups in total. The van der Waals surface area contributed by atoms with Crippen LogP contribution in [0, 0.1) is 0 Å². The lowest BCUT2D eigenvalue weighted by atomic mass is 10.1. The number of fused-ring (bicyclic) bond motifs is 1. The predicted octanol–water partition coefficient (Wildman–Crippen LogP) is 1.85. The summed E-state index contributed by atoms with van der Waals surface area (Å²) in [6.07, 6.45) is 2.30. The first-order chi connectivity index (χ1) is 9.46. The summed E-state index contributed by atoms with van der Waals surface area (Å²) in [5, 5.41) is 0. The molecule has 6 heteroatoms. The summed E-state index contributed by atoms with van der Waals surface area (Å²) in [4.78, 5) is 24.9. The summed E-state index contributed by atoms with van der Waals surface area (Å²) < 4.78 is 23.9. The van der Waals surface area contributed by atoms with Crippen LogP contribution in [0.5, 0.6) is 0 Å². The van der Waals surface area contributed by atoms with E-state index in [1.807, 2.05) is 6.92 Å². The van der Waals surface area contributed by atoms with Crippen molar-refractivity contribution >= 4 is 21.7 Å². The van der Waals surface area contributed by atoms with Gasteiger partial charge in [-0.05, 0) is 18.6 Å². The van der Waals surface area contributed by atoms with E-state index < -0.39 is 27.5 Å². The second-order valence-corrected chi connectivity index (χ2v) is 7.02. The van der Waals surface area contributed by atoms with Gasteiger partial charge in [0.05, 0.1) is 16.9 Å². The molecule has 0 aliphatic carbocycles. The Morgan fingerprint density at radius 3 is 2.05 bits per heavy atom. The summed E-state index contributed by atoms with van der Waals surface area (Å²) in [6.45, 7) is 1.98. The number of benzene rings is 1. The molecule has 5 nitrogen and oxygen atoms in total. The molecule has 108 valence electrons. The molecule has 1 aromatic rings. The number of nitrogens with zero attached hydrogens (tertiary/aromatic N) is 1. The average Bonchev–Trinajstić information content (AvgIpc) is 2.65. The largest absolute Gasteiger partial charge is 0.269 e. The summed E-state index contributed by atoms with van der Waals surface area (Å²) in [7, 11) is -3.44. The SMILES string of the molecule is CCCCCS(=O)(=O)CN1C(=O)c2ccccc2C1=O. The lowest BCUT2D eigenvalue weighted by molar-refractivity contribution is 0.0680. The van der Waals surface area contributed by atoms with Crippen molar-refractivity contribution in [3.8, 4) is 0 Å². The number of hydrogen-bond donors (Lipinski definition) is 0. The van der Waals surface area contributed by atoms with Crippen LogP contribution in [0.15, 0.2) is 24.3 Å². The number of sulfone groups is 1.